The van der Waals surface area contributed by atoms with Crippen LogP contribution in [-0.2, 0) is 19.1 Å². The van der Waals surface area contributed by atoms with Gasteiger partial charge >= 0.3 is 5.97 Å². The van der Waals surface area contributed by atoms with Crippen LogP contribution in [0.3, 0.4) is 0 Å². The van der Waals surface area contributed by atoms with Crippen molar-refractivity contribution >= 4 is 28.8 Å². The topological polar surface area (TPSA) is 94.4 Å². The minimum atomic E-state index is -0.753. The molecule has 33 heavy (non-hydrogen) atoms. The predicted molar refractivity (Wildman–Crippen MR) is 125 cm³/mol. The Kier molecular flexibility index (Phi) is 6.95. The van der Waals surface area contributed by atoms with Gasteiger partial charge < -0.3 is 19.3 Å². The van der Waals surface area contributed by atoms with E-state index in [2.05, 4.69) is 0 Å². The van der Waals surface area contributed by atoms with E-state index in [0.717, 1.165) is 10.6 Å². The van der Waals surface area contributed by atoms with Gasteiger partial charge in [-0.25, -0.2) is 0 Å². The quantitative estimate of drug-likeness (QED) is 0.482. The predicted octanol–water partition coefficient (Wildman–Crippen LogP) is 4.23. The number of nitrogens with zero attached hydrogens (tertiary/aromatic N) is 1. The molecule has 4 rings (SSSR count). The number of hydrogen-bond donors (Lipinski definition) is 1. The van der Waals surface area contributed by atoms with Crippen LogP contribution in [0.25, 0.3) is 0 Å². The molecule has 0 amide bonds. The molecule has 1 aromatic heterocycles. The Bertz CT molecular complexity index is 1100. The number of Topliss-reactive ketones (excluding diaryl/α,β-unsaturated/α-hetero) is 1. The van der Waals surface area contributed by atoms with Crippen LogP contribution in [0.4, 0.5) is 0 Å². The number of carbonyl (C=O) groups excluding carboxylic acids is 2. The van der Waals surface area contributed by atoms with Crippen LogP contribution >= 0.6 is 11.3 Å². The number of rotatable bonds is 7. The second-order valence-electron chi connectivity index (χ2n) is 8.20. The minimum Gasteiger partial charge on any atom is -0.504 e. The fourth-order valence-corrected chi connectivity index (χ4v) is 5.48. The number of ketones is 1. The van der Waals surface area contributed by atoms with E-state index in [9.17, 15) is 14.7 Å². The standard InChI is InChI=1S/C25H27NO6S/c1-14-22(25(29)32-9-8-30-2)23(15-6-7-18(27)20(13-15)31-3)24-17(26-14)11-16(12-19(24)28)21-5-4-10-33-21/h4-7,10,13,16,22-23,27H,8-9,11-12H2,1-3H3/t16-,22?,23-/m0/s1. The zero-order valence-corrected chi connectivity index (χ0v) is 19.7. The van der Waals surface area contributed by atoms with Gasteiger partial charge in [-0.3, -0.25) is 14.6 Å². The SMILES string of the molecule is COCCOC(=O)C1C(C)=NC2=C(C(=O)C[C@@H](c3cccs3)C2)[C@H]1c1ccc(O)c(OC)c1. The van der Waals surface area contributed by atoms with Crippen molar-refractivity contribution in [3.8, 4) is 11.5 Å². The fraction of sp³-hybridized carbons (Fsp3) is 0.400. The molecule has 174 valence electrons. The molecule has 1 aliphatic heterocycles. The molecule has 0 radical (unpaired) electrons. The van der Waals surface area contributed by atoms with E-state index in [0.29, 0.717) is 29.7 Å². The number of ether oxygens (including phenoxy) is 3. The summed E-state index contributed by atoms with van der Waals surface area (Å²) < 4.78 is 15.8. The van der Waals surface area contributed by atoms with E-state index in [1.54, 1.807) is 30.4 Å². The van der Waals surface area contributed by atoms with E-state index in [4.69, 9.17) is 19.2 Å². The summed E-state index contributed by atoms with van der Waals surface area (Å²) in [5.41, 5.74) is 2.57. The van der Waals surface area contributed by atoms with E-state index in [1.807, 2.05) is 17.5 Å². The third-order valence-electron chi connectivity index (χ3n) is 6.18. The molecule has 2 aromatic rings. The Morgan fingerprint density at radius 1 is 1.21 bits per heavy atom. The number of carbonyl (C=O) groups is 2. The van der Waals surface area contributed by atoms with Gasteiger partial charge in [0.25, 0.3) is 0 Å². The first-order chi connectivity index (χ1) is 15.9. The lowest BCUT2D eigenvalue weighted by Gasteiger charge is -2.36. The molecule has 1 aromatic carbocycles. The van der Waals surface area contributed by atoms with Gasteiger partial charge in [0.05, 0.1) is 13.7 Å². The van der Waals surface area contributed by atoms with Gasteiger partial charge in [-0.15, -0.1) is 11.3 Å². The Morgan fingerprint density at radius 3 is 2.73 bits per heavy atom. The van der Waals surface area contributed by atoms with Crippen LogP contribution in [0.2, 0.25) is 0 Å². The Morgan fingerprint density at radius 2 is 2.03 bits per heavy atom. The summed E-state index contributed by atoms with van der Waals surface area (Å²) in [6.45, 7) is 2.20. The second kappa shape index (κ2) is 9.89. The lowest BCUT2D eigenvalue weighted by Crippen LogP contribution is -2.38. The lowest BCUT2D eigenvalue weighted by molar-refractivity contribution is -0.147. The maximum absolute atomic E-state index is 13.5. The molecule has 1 unspecified atom stereocenters. The Balaban J connectivity index is 1.78. The van der Waals surface area contributed by atoms with Gasteiger partial charge in [0.2, 0.25) is 0 Å². The summed E-state index contributed by atoms with van der Waals surface area (Å²) in [6, 6.07) is 8.95. The van der Waals surface area contributed by atoms with E-state index in [1.165, 1.54) is 20.3 Å². The maximum atomic E-state index is 13.5. The zero-order chi connectivity index (χ0) is 23.5. The van der Waals surface area contributed by atoms with E-state index in [-0.39, 0.29) is 36.4 Å². The molecule has 0 fully saturated rings. The van der Waals surface area contributed by atoms with Crippen molar-refractivity contribution in [2.45, 2.75) is 31.6 Å². The molecule has 8 heteroatoms. The third-order valence-corrected chi connectivity index (χ3v) is 7.22. The molecule has 0 saturated heterocycles. The maximum Gasteiger partial charge on any atom is 0.315 e. The molecule has 7 nitrogen and oxygen atoms in total. The Hall–Kier alpha value is -2.97. The van der Waals surface area contributed by atoms with Crippen LogP contribution in [0.15, 0.2) is 52.0 Å². The van der Waals surface area contributed by atoms with Gasteiger partial charge in [0.1, 0.15) is 12.5 Å². The largest absolute Gasteiger partial charge is 0.504 e. The molecule has 1 N–H and O–H groups in total. The van der Waals surface area contributed by atoms with E-state index >= 15 is 0 Å². The molecule has 1 aliphatic carbocycles. The van der Waals surface area contributed by atoms with Crippen LogP contribution in [0.5, 0.6) is 11.5 Å². The summed E-state index contributed by atoms with van der Waals surface area (Å²) >= 11 is 1.64. The van der Waals surface area contributed by atoms with Gasteiger partial charge in [-0.1, -0.05) is 12.1 Å². The first-order valence-electron chi connectivity index (χ1n) is 10.8. The fourth-order valence-electron chi connectivity index (χ4n) is 4.65. The normalized spacial score (nSPS) is 22.6. The number of phenols is 1. The summed E-state index contributed by atoms with van der Waals surface area (Å²) in [5, 5.41) is 12.1. The first-order valence-corrected chi connectivity index (χ1v) is 11.7. The lowest BCUT2D eigenvalue weighted by atomic mass is 9.70. The van der Waals surface area contributed by atoms with Gasteiger partial charge in [0, 0.05) is 47.2 Å². The number of hydrogen-bond acceptors (Lipinski definition) is 8. The molecule has 0 bridgehead atoms. The Labute approximate surface area is 196 Å². The van der Waals surface area contributed by atoms with Crippen LogP contribution in [0, 0.1) is 5.92 Å². The number of allylic oxidation sites excluding steroid dienone is 2. The second-order valence-corrected chi connectivity index (χ2v) is 9.18. The van der Waals surface area contributed by atoms with Crippen molar-refractivity contribution in [3.05, 3.63) is 57.4 Å². The van der Waals surface area contributed by atoms with Crippen LogP contribution in [-0.4, -0.2) is 50.0 Å². The van der Waals surface area contributed by atoms with Crippen LogP contribution in [0.1, 0.15) is 42.0 Å². The number of methoxy groups -OCH3 is 2. The zero-order valence-electron chi connectivity index (χ0n) is 18.9. The third kappa shape index (κ3) is 4.58. The van der Waals surface area contributed by atoms with Gasteiger partial charge in [-0.05, 0) is 42.5 Å². The van der Waals surface area contributed by atoms with E-state index < -0.39 is 17.8 Å². The molecular formula is C25H27NO6S. The molecule has 2 heterocycles. The smallest absolute Gasteiger partial charge is 0.315 e. The number of thiophene rings is 1. The summed E-state index contributed by atoms with van der Waals surface area (Å²) in [6.07, 6.45) is 1.00. The average molecular weight is 470 g/mol. The number of aliphatic imine (C=N–C) groups is 1. The highest BCUT2D eigenvalue weighted by Crippen LogP contribution is 2.48. The number of esters is 1. The first kappa shape index (κ1) is 23.2. The van der Waals surface area contributed by atoms with Crippen molar-refractivity contribution in [2.75, 3.05) is 27.4 Å². The number of phenolic OH excluding ortho intramolecular Hbond substituents is 1. The summed E-state index contributed by atoms with van der Waals surface area (Å²) in [5.74, 6) is -1.45. The van der Waals surface area contributed by atoms with Crippen molar-refractivity contribution in [2.24, 2.45) is 10.9 Å². The molecule has 0 saturated carbocycles. The highest BCUT2D eigenvalue weighted by atomic mass is 32.1. The van der Waals surface area contributed by atoms with Crippen LogP contribution < -0.4 is 4.74 Å². The monoisotopic (exact) mass is 469 g/mol. The van der Waals surface area contributed by atoms with Crippen molar-refractivity contribution < 1.29 is 28.9 Å². The van der Waals surface area contributed by atoms with Crippen molar-refractivity contribution in [3.63, 3.8) is 0 Å². The van der Waals surface area contributed by atoms with Gasteiger partial charge in [-0.2, -0.15) is 0 Å². The molecule has 2 aliphatic rings. The van der Waals surface area contributed by atoms with Gasteiger partial charge in [0.15, 0.2) is 17.3 Å². The number of benzene rings is 1. The summed E-state index contributed by atoms with van der Waals surface area (Å²) in [4.78, 5) is 32.6. The van der Waals surface area contributed by atoms with Crippen molar-refractivity contribution in [1.29, 1.82) is 0 Å². The van der Waals surface area contributed by atoms with Crippen molar-refractivity contribution in [1.82, 2.24) is 0 Å². The molecule has 3 atom stereocenters. The number of aromatic hydroxyl groups is 1. The average Bonchev–Trinajstić information content (AvgIpc) is 3.33. The minimum absolute atomic E-state index is 0.0106. The highest BCUT2D eigenvalue weighted by Gasteiger charge is 2.45. The molecular weight excluding hydrogens is 442 g/mol. The molecule has 0 spiro atoms. The highest BCUT2D eigenvalue weighted by molar-refractivity contribution is 7.10. The summed E-state index contributed by atoms with van der Waals surface area (Å²) in [7, 11) is 3.00.